The Morgan fingerprint density at radius 3 is 2.79 bits per heavy atom. The minimum Gasteiger partial charge on any atom is -0.490 e. The molecular formula is C17H18O2. The lowest BCUT2D eigenvalue weighted by atomic mass is 9.98. The van der Waals surface area contributed by atoms with Crippen molar-refractivity contribution < 1.29 is 9.47 Å². The molecule has 0 N–H and O–H groups in total. The van der Waals surface area contributed by atoms with Crippen LogP contribution in [0.15, 0.2) is 48.5 Å². The van der Waals surface area contributed by atoms with Gasteiger partial charge in [-0.05, 0) is 36.1 Å². The number of hydrogen-bond donors (Lipinski definition) is 0. The Labute approximate surface area is 114 Å². The van der Waals surface area contributed by atoms with Crippen molar-refractivity contribution in [2.45, 2.75) is 19.4 Å². The van der Waals surface area contributed by atoms with Crippen molar-refractivity contribution in [2.75, 3.05) is 13.2 Å². The van der Waals surface area contributed by atoms with Crippen molar-refractivity contribution in [1.82, 2.24) is 0 Å². The van der Waals surface area contributed by atoms with Gasteiger partial charge in [0.2, 0.25) is 0 Å². The monoisotopic (exact) mass is 254 g/mol. The zero-order chi connectivity index (χ0) is 13.1. The standard InChI is InChI=1S/C17H18O2/c1-13-6-2-5-9-16(13)19-12-17-15-8-4-3-7-14(15)10-11-18-17/h2-9,17H,10-12H2,1H3. The number of hydrogen-bond acceptors (Lipinski definition) is 2. The molecule has 1 unspecified atom stereocenters. The summed E-state index contributed by atoms with van der Waals surface area (Å²) in [6.07, 6.45) is 1.04. The fourth-order valence-electron chi connectivity index (χ4n) is 2.50. The molecule has 0 radical (unpaired) electrons. The van der Waals surface area contributed by atoms with E-state index in [0.717, 1.165) is 24.3 Å². The molecule has 2 aromatic rings. The quantitative estimate of drug-likeness (QED) is 0.831. The summed E-state index contributed by atoms with van der Waals surface area (Å²) < 4.78 is 11.7. The Kier molecular flexibility index (Phi) is 3.51. The molecular weight excluding hydrogens is 236 g/mol. The van der Waals surface area contributed by atoms with Gasteiger partial charge < -0.3 is 9.47 Å². The number of fused-ring (bicyclic) bond motifs is 1. The first kappa shape index (κ1) is 12.2. The van der Waals surface area contributed by atoms with E-state index in [2.05, 4.69) is 37.3 Å². The van der Waals surface area contributed by atoms with Crippen LogP contribution in [0.1, 0.15) is 22.8 Å². The van der Waals surface area contributed by atoms with Crippen molar-refractivity contribution in [2.24, 2.45) is 0 Å². The van der Waals surface area contributed by atoms with Crippen LogP contribution in [0.3, 0.4) is 0 Å². The minimum atomic E-state index is 0.0459. The van der Waals surface area contributed by atoms with E-state index in [-0.39, 0.29) is 6.10 Å². The van der Waals surface area contributed by atoms with Gasteiger partial charge in [0.25, 0.3) is 0 Å². The molecule has 1 aliphatic rings. The van der Waals surface area contributed by atoms with E-state index in [4.69, 9.17) is 9.47 Å². The van der Waals surface area contributed by atoms with Crippen molar-refractivity contribution >= 4 is 0 Å². The first-order valence-electron chi connectivity index (χ1n) is 6.72. The van der Waals surface area contributed by atoms with Gasteiger partial charge >= 0.3 is 0 Å². The smallest absolute Gasteiger partial charge is 0.122 e. The number of para-hydroxylation sites is 1. The van der Waals surface area contributed by atoms with Crippen molar-refractivity contribution in [3.63, 3.8) is 0 Å². The lowest BCUT2D eigenvalue weighted by Gasteiger charge is -2.26. The Morgan fingerprint density at radius 1 is 1.11 bits per heavy atom. The maximum atomic E-state index is 5.91. The molecule has 19 heavy (non-hydrogen) atoms. The maximum absolute atomic E-state index is 5.91. The third kappa shape index (κ3) is 2.64. The lowest BCUT2D eigenvalue weighted by Crippen LogP contribution is -2.21. The van der Waals surface area contributed by atoms with Crippen LogP contribution in [0.4, 0.5) is 0 Å². The fraction of sp³-hybridized carbons (Fsp3) is 0.294. The SMILES string of the molecule is Cc1ccccc1OCC1OCCc2ccccc21. The summed E-state index contributed by atoms with van der Waals surface area (Å²) in [5, 5.41) is 0. The largest absolute Gasteiger partial charge is 0.490 e. The zero-order valence-electron chi connectivity index (χ0n) is 11.1. The van der Waals surface area contributed by atoms with E-state index >= 15 is 0 Å². The van der Waals surface area contributed by atoms with E-state index < -0.39 is 0 Å². The molecule has 0 fully saturated rings. The molecule has 0 amide bonds. The van der Waals surface area contributed by atoms with Crippen LogP contribution in [-0.2, 0) is 11.2 Å². The van der Waals surface area contributed by atoms with Gasteiger partial charge in [-0.1, -0.05) is 42.5 Å². The summed E-state index contributed by atoms with van der Waals surface area (Å²) >= 11 is 0. The van der Waals surface area contributed by atoms with E-state index in [1.807, 2.05) is 18.2 Å². The number of rotatable bonds is 3. The second-order valence-electron chi connectivity index (χ2n) is 4.88. The molecule has 1 heterocycles. The number of aryl methyl sites for hydroxylation is 1. The van der Waals surface area contributed by atoms with Crippen LogP contribution in [-0.4, -0.2) is 13.2 Å². The summed E-state index contributed by atoms with van der Waals surface area (Å²) in [4.78, 5) is 0. The Bertz CT molecular complexity index is 563. The fourth-order valence-corrected chi connectivity index (χ4v) is 2.50. The summed E-state index contributed by atoms with van der Waals surface area (Å²) in [6.45, 7) is 3.41. The molecule has 0 spiro atoms. The highest BCUT2D eigenvalue weighted by molar-refractivity contribution is 5.33. The van der Waals surface area contributed by atoms with Gasteiger partial charge in [0.15, 0.2) is 0 Å². The van der Waals surface area contributed by atoms with E-state index in [0.29, 0.717) is 6.61 Å². The molecule has 0 saturated heterocycles. The van der Waals surface area contributed by atoms with Crippen LogP contribution < -0.4 is 4.74 Å². The molecule has 0 aliphatic carbocycles. The molecule has 0 saturated carbocycles. The van der Waals surface area contributed by atoms with Crippen molar-refractivity contribution in [3.05, 3.63) is 65.2 Å². The van der Waals surface area contributed by atoms with Gasteiger partial charge in [-0.2, -0.15) is 0 Å². The van der Waals surface area contributed by atoms with Gasteiger partial charge in [0.05, 0.1) is 6.61 Å². The number of ether oxygens (including phenoxy) is 2. The molecule has 2 heteroatoms. The predicted octanol–water partition coefficient (Wildman–Crippen LogP) is 3.69. The van der Waals surface area contributed by atoms with Gasteiger partial charge in [0.1, 0.15) is 18.5 Å². The first-order chi connectivity index (χ1) is 9.34. The molecule has 98 valence electrons. The Hall–Kier alpha value is -1.80. The highest BCUT2D eigenvalue weighted by Gasteiger charge is 2.21. The minimum absolute atomic E-state index is 0.0459. The summed E-state index contributed by atoms with van der Waals surface area (Å²) in [7, 11) is 0. The Balaban J connectivity index is 1.73. The van der Waals surface area contributed by atoms with Crippen molar-refractivity contribution in [3.8, 4) is 5.75 Å². The highest BCUT2D eigenvalue weighted by atomic mass is 16.5. The van der Waals surface area contributed by atoms with Crippen LogP contribution in [0.5, 0.6) is 5.75 Å². The maximum Gasteiger partial charge on any atom is 0.122 e. The van der Waals surface area contributed by atoms with Gasteiger partial charge in [-0.3, -0.25) is 0 Å². The van der Waals surface area contributed by atoms with Crippen LogP contribution in [0.2, 0.25) is 0 Å². The molecule has 0 bridgehead atoms. The lowest BCUT2D eigenvalue weighted by molar-refractivity contribution is 0.0101. The third-order valence-electron chi connectivity index (χ3n) is 3.58. The summed E-state index contributed by atoms with van der Waals surface area (Å²) in [6, 6.07) is 16.6. The van der Waals surface area contributed by atoms with Gasteiger partial charge in [0, 0.05) is 0 Å². The molecule has 0 aromatic heterocycles. The third-order valence-corrected chi connectivity index (χ3v) is 3.58. The topological polar surface area (TPSA) is 18.5 Å². The first-order valence-corrected chi connectivity index (χ1v) is 6.72. The second-order valence-corrected chi connectivity index (χ2v) is 4.88. The highest BCUT2D eigenvalue weighted by Crippen LogP contribution is 2.28. The molecule has 2 nitrogen and oxygen atoms in total. The summed E-state index contributed by atoms with van der Waals surface area (Å²) in [5.41, 5.74) is 3.81. The van der Waals surface area contributed by atoms with Crippen LogP contribution in [0, 0.1) is 6.92 Å². The van der Waals surface area contributed by atoms with Crippen LogP contribution in [0.25, 0.3) is 0 Å². The Morgan fingerprint density at radius 2 is 1.89 bits per heavy atom. The van der Waals surface area contributed by atoms with Gasteiger partial charge in [-0.15, -0.1) is 0 Å². The van der Waals surface area contributed by atoms with Crippen molar-refractivity contribution in [1.29, 1.82) is 0 Å². The summed E-state index contributed by atoms with van der Waals surface area (Å²) in [5.74, 6) is 0.939. The van der Waals surface area contributed by atoms with E-state index in [1.54, 1.807) is 0 Å². The number of benzene rings is 2. The predicted molar refractivity (Wildman–Crippen MR) is 75.5 cm³/mol. The van der Waals surface area contributed by atoms with Gasteiger partial charge in [-0.25, -0.2) is 0 Å². The average Bonchev–Trinajstić information content (AvgIpc) is 2.46. The second kappa shape index (κ2) is 5.45. The average molecular weight is 254 g/mol. The molecule has 1 aliphatic heterocycles. The van der Waals surface area contributed by atoms with Crippen LogP contribution >= 0.6 is 0 Å². The normalized spacial score (nSPS) is 17.8. The van der Waals surface area contributed by atoms with E-state index in [9.17, 15) is 0 Å². The van der Waals surface area contributed by atoms with E-state index in [1.165, 1.54) is 11.1 Å². The zero-order valence-corrected chi connectivity index (χ0v) is 11.1. The molecule has 3 rings (SSSR count). The molecule has 1 atom stereocenters. The molecule has 2 aromatic carbocycles.